The van der Waals surface area contributed by atoms with Crippen LogP contribution in [0.5, 0.6) is 5.75 Å². The number of nitrogens with zero attached hydrogens (tertiary/aromatic N) is 2. The molecule has 0 bridgehead atoms. The van der Waals surface area contributed by atoms with Crippen LogP contribution < -0.4 is 4.74 Å². The summed E-state index contributed by atoms with van der Waals surface area (Å²) in [5.74, 6) is 0.890. The summed E-state index contributed by atoms with van der Waals surface area (Å²) in [6.45, 7) is 4.99. The van der Waals surface area contributed by atoms with E-state index >= 15 is 0 Å². The van der Waals surface area contributed by atoms with Gasteiger partial charge in [-0.05, 0) is 67.0 Å². The van der Waals surface area contributed by atoms with Crippen molar-refractivity contribution in [3.63, 3.8) is 0 Å². The van der Waals surface area contributed by atoms with Gasteiger partial charge in [0, 0.05) is 26.2 Å². The highest BCUT2D eigenvalue weighted by Crippen LogP contribution is 2.30. The Morgan fingerprint density at radius 1 is 0.765 bits per heavy atom. The summed E-state index contributed by atoms with van der Waals surface area (Å²) < 4.78 is 6.10. The molecule has 0 radical (unpaired) electrons. The Balaban J connectivity index is 1.23. The molecule has 1 aliphatic heterocycles. The maximum Gasteiger partial charge on any atom is 0.263 e. The Morgan fingerprint density at radius 2 is 1.35 bits per heavy atom. The molecule has 4 nitrogen and oxygen atoms in total. The highest BCUT2D eigenvalue weighted by atomic mass is 16.5. The molecule has 0 aromatic heterocycles. The van der Waals surface area contributed by atoms with Crippen molar-refractivity contribution in [1.82, 2.24) is 9.80 Å². The van der Waals surface area contributed by atoms with E-state index in [4.69, 9.17) is 4.74 Å². The molecule has 176 valence electrons. The van der Waals surface area contributed by atoms with E-state index in [2.05, 4.69) is 77.7 Å². The molecule has 1 atom stereocenters. The molecule has 4 heteroatoms. The lowest BCUT2D eigenvalue weighted by Crippen LogP contribution is -2.52. The minimum Gasteiger partial charge on any atom is -0.481 e. The average Bonchev–Trinajstić information content (AvgIpc) is 2.90. The maximum absolute atomic E-state index is 13.2. The molecule has 0 spiro atoms. The second kappa shape index (κ2) is 10.4. The van der Waals surface area contributed by atoms with Gasteiger partial charge in [0.05, 0.1) is 6.04 Å². The van der Waals surface area contributed by atoms with E-state index in [0.717, 1.165) is 31.7 Å². The second-order valence-electron chi connectivity index (χ2n) is 9.48. The van der Waals surface area contributed by atoms with Crippen LogP contribution in [-0.2, 0) is 17.6 Å². The van der Waals surface area contributed by atoms with Crippen LogP contribution >= 0.6 is 0 Å². The van der Waals surface area contributed by atoms with Crippen LogP contribution in [0.15, 0.2) is 78.9 Å². The summed E-state index contributed by atoms with van der Waals surface area (Å²) in [7, 11) is 0. The highest BCUT2D eigenvalue weighted by molar-refractivity contribution is 5.81. The Kier molecular flexibility index (Phi) is 6.96. The summed E-state index contributed by atoms with van der Waals surface area (Å²) in [6, 6.07) is 27.9. The normalized spacial score (nSPS) is 17.3. The van der Waals surface area contributed by atoms with E-state index < -0.39 is 6.10 Å². The second-order valence-corrected chi connectivity index (χ2v) is 9.48. The maximum atomic E-state index is 13.2. The average molecular weight is 455 g/mol. The SMILES string of the molecule is C[C@@H](Oc1ccc2c(c1)CCCC2)C(=O)N1CCN(C(c2ccccc2)c2ccccc2)CC1. The third-order valence-electron chi connectivity index (χ3n) is 7.20. The van der Waals surface area contributed by atoms with Crippen LogP contribution in [0.25, 0.3) is 0 Å². The van der Waals surface area contributed by atoms with Gasteiger partial charge in [0.1, 0.15) is 5.75 Å². The fourth-order valence-electron chi connectivity index (χ4n) is 5.38. The molecule has 5 rings (SSSR count). The molecule has 0 saturated carbocycles. The number of hydrogen-bond donors (Lipinski definition) is 0. The fraction of sp³-hybridized carbons (Fsp3) is 0.367. The Hall–Kier alpha value is -3.11. The lowest BCUT2D eigenvalue weighted by Gasteiger charge is -2.40. The molecule has 3 aromatic rings. The molecule has 0 N–H and O–H groups in total. The summed E-state index contributed by atoms with van der Waals surface area (Å²) in [5.41, 5.74) is 5.39. The number of carbonyl (C=O) groups excluding carboxylic acids is 1. The van der Waals surface area contributed by atoms with Gasteiger partial charge in [-0.1, -0.05) is 66.7 Å². The molecule has 1 heterocycles. The molecule has 1 saturated heterocycles. The summed E-state index contributed by atoms with van der Waals surface area (Å²) in [6.07, 6.45) is 4.29. The van der Waals surface area contributed by atoms with Crippen LogP contribution in [0.2, 0.25) is 0 Å². The van der Waals surface area contributed by atoms with E-state index in [1.54, 1.807) is 0 Å². The van der Waals surface area contributed by atoms with Crippen molar-refractivity contribution in [3.05, 3.63) is 101 Å². The van der Waals surface area contributed by atoms with E-state index in [-0.39, 0.29) is 11.9 Å². The van der Waals surface area contributed by atoms with Crippen molar-refractivity contribution in [3.8, 4) is 5.75 Å². The third-order valence-corrected chi connectivity index (χ3v) is 7.20. The number of rotatable bonds is 6. The van der Waals surface area contributed by atoms with Gasteiger partial charge in [0.25, 0.3) is 5.91 Å². The number of benzene rings is 3. The number of fused-ring (bicyclic) bond motifs is 1. The molecule has 1 aliphatic carbocycles. The fourth-order valence-corrected chi connectivity index (χ4v) is 5.38. The van der Waals surface area contributed by atoms with E-state index in [9.17, 15) is 4.79 Å². The first-order valence-corrected chi connectivity index (χ1v) is 12.6. The smallest absolute Gasteiger partial charge is 0.263 e. The van der Waals surface area contributed by atoms with Crippen molar-refractivity contribution in [1.29, 1.82) is 0 Å². The summed E-state index contributed by atoms with van der Waals surface area (Å²) >= 11 is 0. The first-order valence-electron chi connectivity index (χ1n) is 12.6. The number of carbonyl (C=O) groups is 1. The largest absolute Gasteiger partial charge is 0.481 e. The van der Waals surface area contributed by atoms with Gasteiger partial charge in [-0.25, -0.2) is 0 Å². The van der Waals surface area contributed by atoms with Crippen molar-refractivity contribution >= 4 is 5.91 Å². The Labute approximate surface area is 203 Å². The van der Waals surface area contributed by atoms with Gasteiger partial charge in [0.2, 0.25) is 0 Å². The number of ether oxygens (including phenoxy) is 1. The Bertz CT molecular complexity index is 1050. The van der Waals surface area contributed by atoms with Crippen molar-refractivity contribution in [2.24, 2.45) is 0 Å². The standard InChI is InChI=1S/C30H34N2O2/c1-23(34-28-17-16-24-10-8-9-15-27(24)22-28)30(33)32-20-18-31(19-21-32)29(25-11-4-2-5-12-25)26-13-6-3-7-14-26/h2-7,11-14,16-17,22-23,29H,8-10,15,18-21H2,1H3/t23-/m1/s1. The van der Waals surface area contributed by atoms with Crippen LogP contribution in [0.4, 0.5) is 0 Å². The van der Waals surface area contributed by atoms with Crippen molar-refractivity contribution in [2.75, 3.05) is 26.2 Å². The van der Waals surface area contributed by atoms with Crippen LogP contribution in [0.1, 0.15) is 48.1 Å². The number of piperazine rings is 1. The van der Waals surface area contributed by atoms with Gasteiger partial charge >= 0.3 is 0 Å². The number of aryl methyl sites for hydroxylation is 2. The molecular formula is C30H34N2O2. The zero-order valence-electron chi connectivity index (χ0n) is 20.0. The Morgan fingerprint density at radius 3 is 1.97 bits per heavy atom. The molecule has 2 aliphatic rings. The first kappa shape index (κ1) is 22.7. The lowest BCUT2D eigenvalue weighted by molar-refractivity contribution is -0.140. The minimum atomic E-state index is -0.479. The van der Waals surface area contributed by atoms with E-state index in [1.165, 1.54) is 35.1 Å². The third kappa shape index (κ3) is 5.02. The van der Waals surface area contributed by atoms with Gasteiger partial charge in [0.15, 0.2) is 6.10 Å². The molecule has 3 aromatic carbocycles. The minimum absolute atomic E-state index is 0.0772. The van der Waals surface area contributed by atoms with Gasteiger partial charge in [-0.15, -0.1) is 0 Å². The predicted molar refractivity (Wildman–Crippen MR) is 136 cm³/mol. The zero-order chi connectivity index (χ0) is 23.3. The van der Waals surface area contributed by atoms with Crippen molar-refractivity contribution < 1.29 is 9.53 Å². The zero-order valence-corrected chi connectivity index (χ0v) is 20.0. The molecule has 1 amide bonds. The lowest BCUT2D eigenvalue weighted by atomic mass is 9.92. The molecule has 1 fully saturated rings. The summed E-state index contributed by atoms with van der Waals surface area (Å²) in [5, 5.41) is 0. The molecular weight excluding hydrogens is 420 g/mol. The van der Waals surface area contributed by atoms with Gasteiger partial charge in [-0.2, -0.15) is 0 Å². The predicted octanol–water partition coefficient (Wildman–Crippen LogP) is 5.27. The van der Waals surface area contributed by atoms with Gasteiger partial charge < -0.3 is 9.64 Å². The van der Waals surface area contributed by atoms with E-state index in [1.807, 2.05) is 17.9 Å². The molecule has 0 unspecified atom stereocenters. The highest BCUT2D eigenvalue weighted by Gasteiger charge is 2.30. The first-order chi connectivity index (χ1) is 16.7. The number of amides is 1. The van der Waals surface area contributed by atoms with Crippen LogP contribution in [0, 0.1) is 0 Å². The topological polar surface area (TPSA) is 32.8 Å². The monoisotopic (exact) mass is 454 g/mol. The van der Waals surface area contributed by atoms with Crippen LogP contribution in [0.3, 0.4) is 0 Å². The van der Waals surface area contributed by atoms with Gasteiger partial charge in [-0.3, -0.25) is 9.69 Å². The van der Waals surface area contributed by atoms with Crippen molar-refractivity contribution in [2.45, 2.75) is 44.8 Å². The quantitative estimate of drug-likeness (QED) is 0.509. The van der Waals surface area contributed by atoms with Crippen LogP contribution in [-0.4, -0.2) is 48.0 Å². The summed E-state index contributed by atoms with van der Waals surface area (Å²) in [4.78, 5) is 17.6. The van der Waals surface area contributed by atoms with E-state index in [0.29, 0.717) is 13.1 Å². The number of hydrogen-bond acceptors (Lipinski definition) is 3. The molecule has 34 heavy (non-hydrogen) atoms.